The molecule has 0 radical (unpaired) electrons. The van der Waals surface area contributed by atoms with Crippen molar-refractivity contribution in [3.8, 4) is 0 Å². The van der Waals surface area contributed by atoms with Crippen LogP contribution < -0.4 is 10.5 Å². The second-order valence-corrected chi connectivity index (χ2v) is 6.01. The Labute approximate surface area is 95.1 Å². The van der Waals surface area contributed by atoms with E-state index in [0.717, 1.165) is 6.42 Å². The molecule has 1 saturated carbocycles. The Morgan fingerprint density at radius 3 is 2.88 bits per heavy atom. The van der Waals surface area contributed by atoms with Crippen LogP contribution in [0.5, 0.6) is 0 Å². The second kappa shape index (κ2) is 4.03. The molecule has 2 rings (SSSR count). The second-order valence-electron chi connectivity index (χ2n) is 4.24. The molecular formula is C10H15N3O2S. The number of nitrogen functional groups attached to an aromatic ring is 1. The Kier molecular flexibility index (Phi) is 2.86. The quantitative estimate of drug-likeness (QED) is 0.808. The van der Waals surface area contributed by atoms with Crippen molar-refractivity contribution in [2.45, 2.75) is 18.2 Å². The zero-order chi connectivity index (χ0) is 11.8. The monoisotopic (exact) mass is 241 g/mol. The molecule has 1 fully saturated rings. The molecule has 2 atom stereocenters. The molecule has 1 aromatic rings. The summed E-state index contributed by atoms with van der Waals surface area (Å²) < 4.78 is 26.2. The summed E-state index contributed by atoms with van der Waals surface area (Å²) in [6, 6.07) is 2.80. The highest BCUT2D eigenvalue weighted by Crippen LogP contribution is 2.37. The number of nitrogens with one attached hydrogen (secondary N) is 1. The van der Waals surface area contributed by atoms with Gasteiger partial charge >= 0.3 is 0 Å². The maximum absolute atomic E-state index is 11.8. The first-order valence-electron chi connectivity index (χ1n) is 5.20. The van der Waals surface area contributed by atoms with Crippen LogP contribution in [0, 0.1) is 11.8 Å². The predicted molar refractivity (Wildman–Crippen MR) is 61.1 cm³/mol. The van der Waals surface area contributed by atoms with E-state index in [9.17, 15) is 8.42 Å². The molecule has 1 aromatic heterocycles. The molecule has 0 aliphatic heterocycles. The van der Waals surface area contributed by atoms with E-state index in [4.69, 9.17) is 5.73 Å². The van der Waals surface area contributed by atoms with Gasteiger partial charge in [-0.25, -0.2) is 18.1 Å². The fourth-order valence-corrected chi connectivity index (χ4v) is 2.69. The van der Waals surface area contributed by atoms with Crippen molar-refractivity contribution in [3.05, 3.63) is 18.3 Å². The topological polar surface area (TPSA) is 85.1 Å². The molecule has 0 amide bonds. The Morgan fingerprint density at radius 2 is 2.31 bits per heavy atom. The number of hydrogen-bond acceptors (Lipinski definition) is 4. The minimum Gasteiger partial charge on any atom is -0.384 e. The maximum Gasteiger partial charge on any atom is 0.240 e. The summed E-state index contributed by atoms with van der Waals surface area (Å²) in [6.07, 6.45) is 2.49. The van der Waals surface area contributed by atoms with E-state index in [-0.39, 0.29) is 10.7 Å². The van der Waals surface area contributed by atoms with E-state index in [1.807, 2.05) is 0 Å². The van der Waals surface area contributed by atoms with Crippen molar-refractivity contribution in [1.29, 1.82) is 0 Å². The first-order chi connectivity index (χ1) is 7.49. The van der Waals surface area contributed by atoms with E-state index in [1.54, 1.807) is 0 Å². The lowest BCUT2D eigenvalue weighted by molar-refractivity contribution is 0.574. The summed E-state index contributed by atoms with van der Waals surface area (Å²) in [4.78, 5) is 3.93. The average molecular weight is 241 g/mol. The highest BCUT2D eigenvalue weighted by atomic mass is 32.2. The highest BCUT2D eigenvalue weighted by Gasteiger charge is 2.33. The van der Waals surface area contributed by atoms with Gasteiger partial charge in [-0.1, -0.05) is 6.92 Å². The number of pyridine rings is 1. The van der Waals surface area contributed by atoms with Gasteiger partial charge < -0.3 is 5.73 Å². The zero-order valence-electron chi connectivity index (χ0n) is 9.05. The summed E-state index contributed by atoms with van der Waals surface area (Å²) in [7, 11) is -3.43. The Balaban J connectivity index is 2.06. The number of aromatic nitrogens is 1. The molecule has 16 heavy (non-hydrogen) atoms. The Hall–Kier alpha value is -1.14. The van der Waals surface area contributed by atoms with Crippen LogP contribution in [0.1, 0.15) is 13.3 Å². The fraction of sp³-hybridized carbons (Fsp3) is 0.500. The number of sulfonamides is 1. The SMILES string of the molecule is CC1CC1CNS(=O)(=O)c1ccnc(N)c1. The van der Waals surface area contributed by atoms with Gasteiger partial charge in [0.25, 0.3) is 0 Å². The van der Waals surface area contributed by atoms with E-state index in [1.165, 1.54) is 18.3 Å². The van der Waals surface area contributed by atoms with Gasteiger partial charge in [-0.15, -0.1) is 0 Å². The van der Waals surface area contributed by atoms with Crippen LogP contribution in [0.4, 0.5) is 5.82 Å². The lowest BCUT2D eigenvalue weighted by Crippen LogP contribution is -2.26. The summed E-state index contributed by atoms with van der Waals surface area (Å²) in [6.45, 7) is 2.62. The van der Waals surface area contributed by atoms with Crippen molar-refractivity contribution >= 4 is 15.8 Å². The van der Waals surface area contributed by atoms with Crippen LogP contribution in [0.15, 0.2) is 23.2 Å². The molecule has 3 N–H and O–H groups in total. The van der Waals surface area contributed by atoms with Crippen molar-refractivity contribution in [3.63, 3.8) is 0 Å². The van der Waals surface area contributed by atoms with E-state index < -0.39 is 10.0 Å². The number of rotatable bonds is 4. The van der Waals surface area contributed by atoms with Crippen LogP contribution in [0.25, 0.3) is 0 Å². The lowest BCUT2D eigenvalue weighted by atomic mass is 10.3. The van der Waals surface area contributed by atoms with Crippen LogP contribution in [0.2, 0.25) is 0 Å². The highest BCUT2D eigenvalue weighted by molar-refractivity contribution is 7.89. The molecule has 0 saturated heterocycles. The molecule has 0 spiro atoms. The Morgan fingerprint density at radius 1 is 1.62 bits per heavy atom. The van der Waals surface area contributed by atoms with Gasteiger partial charge in [0.1, 0.15) is 5.82 Å². The maximum atomic E-state index is 11.8. The average Bonchev–Trinajstić information content (AvgIpc) is 2.92. The lowest BCUT2D eigenvalue weighted by Gasteiger charge is -2.06. The number of anilines is 1. The zero-order valence-corrected chi connectivity index (χ0v) is 9.87. The van der Waals surface area contributed by atoms with Crippen LogP contribution in [0.3, 0.4) is 0 Å². The molecule has 1 heterocycles. The number of nitrogens with zero attached hydrogens (tertiary/aromatic N) is 1. The molecule has 88 valence electrons. The van der Waals surface area contributed by atoms with Crippen LogP contribution >= 0.6 is 0 Å². The normalized spacial score (nSPS) is 24.3. The van der Waals surface area contributed by atoms with Crippen molar-refractivity contribution in [2.75, 3.05) is 12.3 Å². The number of nitrogens with two attached hydrogens (primary N) is 1. The van der Waals surface area contributed by atoms with Gasteiger partial charge in [0.2, 0.25) is 10.0 Å². The summed E-state index contributed by atoms with van der Waals surface area (Å²) in [5, 5.41) is 0. The van der Waals surface area contributed by atoms with Gasteiger partial charge in [0.05, 0.1) is 4.90 Å². The molecule has 1 aliphatic rings. The smallest absolute Gasteiger partial charge is 0.240 e. The molecule has 6 heteroatoms. The van der Waals surface area contributed by atoms with Crippen molar-refractivity contribution < 1.29 is 8.42 Å². The van der Waals surface area contributed by atoms with E-state index in [0.29, 0.717) is 18.4 Å². The first-order valence-corrected chi connectivity index (χ1v) is 6.68. The summed E-state index contributed by atoms with van der Waals surface area (Å²) >= 11 is 0. The van der Waals surface area contributed by atoms with Crippen LogP contribution in [-0.4, -0.2) is 19.9 Å². The minimum atomic E-state index is -3.43. The molecular weight excluding hydrogens is 226 g/mol. The van der Waals surface area contributed by atoms with E-state index in [2.05, 4.69) is 16.6 Å². The summed E-state index contributed by atoms with van der Waals surface area (Å²) in [5.74, 6) is 1.32. The molecule has 2 unspecified atom stereocenters. The van der Waals surface area contributed by atoms with Gasteiger partial charge in [-0.3, -0.25) is 0 Å². The van der Waals surface area contributed by atoms with Crippen molar-refractivity contribution in [2.24, 2.45) is 11.8 Å². The number of hydrogen-bond donors (Lipinski definition) is 2. The predicted octanol–water partition coefficient (Wildman–Crippen LogP) is 0.598. The fourth-order valence-electron chi connectivity index (χ4n) is 1.58. The van der Waals surface area contributed by atoms with Gasteiger partial charge in [0.15, 0.2) is 0 Å². The van der Waals surface area contributed by atoms with Gasteiger partial charge in [-0.05, 0) is 24.3 Å². The Bertz CT molecular complexity index is 487. The van der Waals surface area contributed by atoms with Gasteiger partial charge in [-0.2, -0.15) is 0 Å². The van der Waals surface area contributed by atoms with Gasteiger partial charge in [0, 0.05) is 18.8 Å². The molecule has 0 bridgehead atoms. The third kappa shape index (κ3) is 2.51. The standard InChI is InChI=1S/C10H15N3O2S/c1-7-4-8(7)6-13-16(14,15)9-2-3-12-10(11)5-9/h2-3,5,7-8,13H,4,6H2,1H3,(H2,11,12). The third-order valence-corrected chi connectivity index (χ3v) is 4.30. The first kappa shape index (κ1) is 11.3. The van der Waals surface area contributed by atoms with Crippen LogP contribution in [-0.2, 0) is 10.0 Å². The van der Waals surface area contributed by atoms with E-state index >= 15 is 0 Å². The minimum absolute atomic E-state index is 0.174. The molecule has 0 aromatic carbocycles. The van der Waals surface area contributed by atoms with Crippen molar-refractivity contribution in [1.82, 2.24) is 9.71 Å². The largest absolute Gasteiger partial charge is 0.384 e. The third-order valence-electron chi connectivity index (χ3n) is 2.87. The molecule has 1 aliphatic carbocycles. The molecule has 5 nitrogen and oxygen atoms in total. The summed E-state index contributed by atoms with van der Waals surface area (Å²) in [5.41, 5.74) is 5.44.